The second-order valence-electron chi connectivity index (χ2n) is 28.8. The van der Waals surface area contributed by atoms with Crippen molar-refractivity contribution in [2.75, 3.05) is 0 Å². The fraction of sp³-hybridized carbons (Fsp3) is 1.00. The van der Waals surface area contributed by atoms with Gasteiger partial charge < -0.3 is 0 Å². The van der Waals surface area contributed by atoms with Crippen LogP contribution in [0.5, 0.6) is 0 Å². The Kier molecular flexibility index (Phi) is 29.1. The minimum absolute atomic E-state index is 0. The molecule has 0 amide bonds. The van der Waals surface area contributed by atoms with E-state index in [2.05, 4.69) is 41.5 Å². The van der Waals surface area contributed by atoms with Crippen LogP contribution in [0.25, 0.3) is 0 Å². The van der Waals surface area contributed by atoms with Crippen LogP contribution in [0.3, 0.4) is 0 Å². The highest BCUT2D eigenvalue weighted by atomic mass is 127. The largest absolute Gasteiger partial charge is 0.107 e. The van der Waals surface area contributed by atoms with Crippen LogP contribution in [0.4, 0.5) is 0 Å². The summed E-state index contributed by atoms with van der Waals surface area (Å²) in [5.41, 5.74) is 0. The van der Waals surface area contributed by atoms with Crippen LogP contribution in [-0.2, 0) is 0 Å². The summed E-state index contributed by atoms with van der Waals surface area (Å²) in [6.07, 6.45) is 65.0. The van der Waals surface area contributed by atoms with E-state index in [1.54, 1.807) is 167 Å². The van der Waals surface area contributed by atoms with Crippen molar-refractivity contribution in [1.29, 1.82) is 0 Å². The van der Waals surface area contributed by atoms with E-state index in [9.17, 15) is 0 Å². The molecule has 2 heteroatoms. The smallest absolute Gasteiger partial charge is 0 e. The molecule has 9 saturated carbocycles. The monoisotopic (exact) mass is 1170 g/mol. The van der Waals surface area contributed by atoms with Crippen molar-refractivity contribution in [3.63, 3.8) is 0 Å². The second kappa shape index (κ2) is 32.8. The molecule has 0 aromatic heterocycles. The summed E-state index contributed by atoms with van der Waals surface area (Å²) in [4.78, 5) is 0. The summed E-state index contributed by atoms with van der Waals surface area (Å²) in [6, 6.07) is 0. The molecule has 406 valence electrons. The molecule has 0 heterocycles. The van der Waals surface area contributed by atoms with Crippen molar-refractivity contribution in [3.8, 4) is 0 Å². The van der Waals surface area contributed by atoms with E-state index in [1.165, 1.54) is 103 Å². The summed E-state index contributed by atoms with van der Waals surface area (Å²) in [5.74, 6) is 19.3. The van der Waals surface area contributed by atoms with Gasteiger partial charge in [0.2, 0.25) is 0 Å². The highest BCUT2D eigenvalue weighted by Gasteiger charge is 2.32. The molecular weight excluding hydrogens is 1050 g/mol. The lowest BCUT2D eigenvalue weighted by Crippen LogP contribution is -2.24. The first-order chi connectivity index (χ1) is 32.1. The summed E-state index contributed by atoms with van der Waals surface area (Å²) in [5, 5.41) is 0. The molecule has 0 saturated heterocycles. The maximum Gasteiger partial charge on any atom is 0 e. The van der Waals surface area contributed by atoms with Crippen LogP contribution in [0.15, 0.2) is 0 Å². The van der Waals surface area contributed by atoms with Crippen LogP contribution >= 0.6 is 48.0 Å². The van der Waals surface area contributed by atoms with Gasteiger partial charge in [-0.15, -0.1) is 48.0 Å². The van der Waals surface area contributed by atoms with Crippen molar-refractivity contribution in [2.45, 2.75) is 311 Å². The second-order valence-corrected chi connectivity index (χ2v) is 28.8. The Labute approximate surface area is 466 Å². The zero-order chi connectivity index (χ0) is 46.1. The number of rotatable bonds is 12. The minimum Gasteiger partial charge on any atom is -0.107 e. The average Bonchev–Trinajstić information content (AvgIpc) is 3.33. The molecular formula is C66H128I2. The molecule has 0 bridgehead atoms. The average molecular weight is 1180 g/mol. The lowest BCUT2D eigenvalue weighted by atomic mass is 9.69. The van der Waals surface area contributed by atoms with Gasteiger partial charge in [0.05, 0.1) is 0 Å². The van der Waals surface area contributed by atoms with E-state index >= 15 is 0 Å². The van der Waals surface area contributed by atoms with Crippen molar-refractivity contribution in [1.82, 2.24) is 0 Å². The van der Waals surface area contributed by atoms with Gasteiger partial charge in [-0.1, -0.05) is 273 Å². The maximum atomic E-state index is 2.46. The molecule has 9 rings (SSSR count). The first-order valence-corrected chi connectivity index (χ1v) is 32.1. The molecule has 0 atom stereocenters. The maximum absolute atomic E-state index is 2.46. The Bertz CT molecular complexity index is 1130. The van der Waals surface area contributed by atoms with Gasteiger partial charge in [0.15, 0.2) is 0 Å². The Hall–Kier alpha value is 1.46. The predicted octanol–water partition coefficient (Wildman–Crippen LogP) is 23.7. The third-order valence-corrected chi connectivity index (χ3v) is 22.7. The van der Waals surface area contributed by atoms with Crippen molar-refractivity contribution in [3.05, 3.63) is 0 Å². The zero-order valence-electron chi connectivity index (χ0n) is 46.9. The third-order valence-electron chi connectivity index (χ3n) is 22.7. The van der Waals surface area contributed by atoms with Gasteiger partial charge in [-0.25, -0.2) is 0 Å². The molecule has 68 heavy (non-hydrogen) atoms. The van der Waals surface area contributed by atoms with E-state index in [0.717, 1.165) is 107 Å². The normalized spacial score (nSPS) is 42.6. The summed E-state index contributed by atoms with van der Waals surface area (Å²) in [6.45, 7) is 14.7. The molecule has 9 fully saturated rings. The van der Waals surface area contributed by atoms with Crippen molar-refractivity contribution in [2.24, 2.45) is 107 Å². The molecule has 0 aromatic rings. The van der Waals surface area contributed by atoms with Gasteiger partial charge in [0, 0.05) is 4.28 Å². The van der Waals surface area contributed by atoms with Crippen LogP contribution in [0, 0.1) is 107 Å². The van der Waals surface area contributed by atoms with Gasteiger partial charge in [-0.3, -0.25) is 0 Å². The first-order valence-electron chi connectivity index (χ1n) is 32.1. The molecule has 9 aliphatic rings. The Morgan fingerprint density at radius 1 is 0.162 bits per heavy atom. The number of hydrogen-bond acceptors (Lipinski definition) is 0. The SMILES string of the molecule is CC1CCC(CC2CCC(C)CC2)CC1.CC1CCC(CC2CCC(CC3CCC(C)CC3)CC2)CC1.CC1CCC(CC2CCC(CC3CCC(CC4CCC(C)CC4)CC3)CC2)CC1.I.I.[HH].[HH].[HH]. The fourth-order valence-electron chi connectivity index (χ4n) is 17.3. The fourth-order valence-corrected chi connectivity index (χ4v) is 17.3. The minimum atomic E-state index is 0. The molecule has 0 aromatic carbocycles. The van der Waals surface area contributed by atoms with Gasteiger partial charge in [0.25, 0.3) is 0 Å². The highest BCUT2D eigenvalue weighted by Crippen LogP contribution is 2.45. The van der Waals surface area contributed by atoms with E-state index in [1.807, 2.05) is 0 Å². The van der Waals surface area contributed by atoms with Gasteiger partial charge in [-0.05, 0) is 145 Å². The molecule has 0 nitrogen and oxygen atoms in total. The van der Waals surface area contributed by atoms with E-state index < -0.39 is 0 Å². The lowest BCUT2D eigenvalue weighted by Gasteiger charge is -2.37. The number of hydrogen-bond donors (Lipinski definition) is 0. The molecule has 0 radical (unpaired) electrons. The molecule has 0 spiro atoms. The van der Waals surface area contributed by atoms with Gasteiger partial charge in [0.1, 0.15) is 0 Å². The summed E-state index contributed by atoms with van der Waals surface area (Å²) < 4.78 is 0. The van der Waals surface area contributed by atoms with Crippen LogP contribution in [0.2, 0.25) is 0 Å². The predicted molar refractivity (Wildman–Crippen MR) is 328 cm³/mol. The van der Waals surface area contributed by atoms with Crippen LogP contribution in [0.1, 0.15) is 315 Å². The zero-order valence-corrected chi connectivity index (χ0v) is 51.6. The van der Waals surface area contributed by atoms with Crippen molar-refractivity contribution >= 4 is 48.0 Å². The molecule has 0 N–H and O–H groups in total. The first kappa shape index (κ1) is 60.3. The Morgan fingerprint density at radius 2 is 0.235 bits per heavy atom. The standard InChI is InChI=1S/C29H52.C22H40.C15H28.2HI.3H2/c1-22-3-7-24(8-4-22)19-26-11-15-28(16-12-26)21-29-17-13-27(14-18-29)20-25-9-5-23(2)6-10-25;1-17-3-7-19(8-4-17)15-21-11-13-22(14-12-21)16-20-9-5-18(2)6-10-20;1-12-3-7-14(8-4-12)11-15-9-5-13(2)6-10-15;;;;;/h22-29H,3-21H2,1-2H3;17-22H,3-16H2,1-2H3;12-15H,3-11H2,1-2H3;5*1H. The Balaban J connectivity index is 0.000000369. The van der Waals surface area contributed by atoms with Crippen LogP contribution in [-0.4, -0.2) is 0 Å². The Morgan fingerprint density at radius 3 is 0.324 bits per heavy atom. The van der Waals surface area contributed by atoms with E-state index in [4.69, 9.17) is 0 Å². The molecule has 0 aliphatic heterocycles. The number of halogens is 2. The lowest BCUT2D eigenvalue weighted by molar-refractivity contribution is 0.154. The quantitative estimate of drug-likeness (QED) is 0.171. The molecule has 9 aliphatic carbocycles. The molecule has 0 unspecified atom stereocenters. The highest BCUT2D eigenvalue weighted by molar-refractivity contribution is 14.0. The van der Waals surface area contributed by atoms with E-state index in [-0.39, 0.29) is 52.2 Å². The van der Waals surface area contributed by atoms with Gasteiger partial charge in [-0.2, -0.15) is 0 Å². The third kappa shape index (κ3) is 22.4. The topological polar surface area (TPSA) is 0 Å². The summed E-state index contributed by atoms with van der Waals surface area (Å²) >= 11 is 0. The summed E-state index contributed by atoms with van der Waals surface area (Å²) in [7, 11) is 0. The van der Waals surface area contributed by atoms with Gasteiger partial charge >= 0.3 is 0 Å². The van der Waals surface area contributed by atoms with Crippen molar-refractivity contribution < 1.29 is 4.28 Å². The van der Waals surface area contributed by atoms with Crippen LogP contribution < -0.4 is 0 Å². The van der Waals surface area contributed by atoms with E-state index in [0.29, 0.717) is 0 Å².